The minimum atomic E-state index is -0.542. The predicted molar refractivity (Wildman–Crippen MR) is 81.4 cm³/mol. The van der Waals surface area contributed by atoms with Crippen molar-refractivity contribution in [3.8, 4) is 5.75 Å². The number of fused-ring (bicyclic) bond motifs is 1. The number of para-hydroxylation sites is 1. The van der Waals surface area contributed by atoms with E-state index in [2.05, 4.69) is 0 Å². The summed E-state index contributed by atoms with van der Waals surface area (Å²) >= 11 is 0. The number of amides is 2. The molecule has 1 atom stereocenters. The van der Waals surface area contributed by atoms with Crippen LogP contribution in [0.4, 0.5) is 0 Å². The number of primary amides is 1. The Morgan fingerprint density at radius 3 is 2.55 bits per heavy atom. The molecule has 2 amide bonds. The van der Waals surface area contributed by atoms with Crippen LogP contribution in [0.25, 0.3) is 0 Å². The molecule has 2 aromatic rings. The van der Waals surface area contributed by atoms with E-state index in [0.29, 0.717) is 11.3 Å². The van der Waals surface area contributed by atoms with Crippen molar-refractivity contribution >= 4 is 11.8 Å². The zero-order chi connectivity index (χ0) is 15.5. The first kappa shape index (κ1) is 14.1. The molecule has 2 aromatic carbocycles. The Hall–Kier alpha value is -2.82. The summed E-state index contributed by atoms with van der Waals surface area (Å²) in [7, 11) is 0. The van der Waals surface area contributed by atoms with Crippen LogP contribution in [0, 0.1) is 0 Å². The maximum Gasteiger partial charge on any atom is 0.258 e. The van der Waals surface area contributed by atoms with Crippen LogP contribution < -0.4 is 10.5 Å². The molecule has 0 saturated heterocycles. The molecule has 5 heteroatoms. The molecule has 0 spiro atoms. The SMILES string of the molecule is NC(=O)CN1C[C@@H](c2ccccc2)Oc2ccccc2C1=O. The van der Waals surface area contributed by atoms with Crippen molar-refractivity contribution < 1.29 is 14.3 Å². The van der Waals surface area contributed by atoms with Gasteiger partial charge in [0.25, 0.3) is 5.91 Å². The lowest BCUT2D eigenvalue weighted by Gasteiger charge is -2.23. The topological polar surface area (TPSA) is 72.6 Å². The molecule has 0 bridgehead atoms. The summed E-state index contributed by atoms with van der Waals surface area (Å²) in [6, 6.07) is 16.7. The molecule has 0 fully saturated rings. The lowest BCUT2D eigenvalue weighted by Crippen LogP contribution is -2.40. The highest BCUT2D eigenvalue weighted by molar-refractivity contribution is 5.99. The van der Waals surface area contributed by atoms with Crippen molar-refractivity contribution in [1.82, 2.24) is 4.90 Å². The molecule has 2 N–H and O–H groups in total. The van der Waals surface area contributed by atoms with E-state index in [1.165, 1.54) is 4.90 Å². The third-order valence-electron chi connectivity index (χ3n) is 3.58. The van der Waals surface area contributed by atoms with Crippen LogP contribution in [0.5, 0.6) is 5.75 Å². The van der Waals surface area contributed by atoms with Crippen molar-refractivity contribution in [1.29, 1.82) is 0 Å². The molecule has 0 aliphatic carbocycles. The number of rotatable bonds is 3. The summed E-state index contributed by atoms with van der Waals surface area (Å²) in [5, 5.41) is 0. The largest absolute Gasteiger partial charge is 0.483 e. The predicted octanol–water partition coefficient (Wildman–Crippen LogP) is 1.75. The van der Waals surface area contributed by atoms with Gasteiger partial charge in [-0.2, -0.15) is 0 Å². The first-order valence-electron chi connectivity index (χ1n) is 7.03. The Labute approximate surface area is 128 Å². The molecule has 0 radical (unpaired) electrons. The highest BCUT2D eigenvalue weighted by Gasteiger charge is 2.30. The number of ether oxygens (including phenoxy) is 1. The first-order chi connectivity index (χ1) is 10.6. The van der Waals surface area contributed by atoms with Crippen molar-refractivity contribution in [2.45, 2.75) is 6.10 Å². The molecule has 22 heavy (non-hydrogen) atoms. The van der Waals surface area contributed by atoms with Gasteiger partial charge in [-0.15, -0.1) is 0 Å². The molecule has 0 aromatic heterocycles. The van der Waals surface area contributed by atoms with Crippen LogP contribution in [-0.2, 0) is 4.79 Å². The van der Waals surface area contributed by atoms with Gasteiger partial charge in [-0.1, -0.05) is 42.5 Å². The van der Waals surface area contributed by atoms with Crippen LogP contribution in [-0.4, -0.2) is 29.8 Å². The normalized spacial score (nSPS) is 17.4. The molecule has 5 nitrogen and oxygen atoms in total. The second-order valence-corrected chi connectivity index (χ2v) is 5.17. The van der Waals surface area contributed by atoms with Crippen LogP contribution in [0.1, 0.15) is 22.0 Å². The fourth-order valence-electron chi connectivity index (χ4n) is 2.56. The Bertz CT molecular complexity index is 700. The lowest BCUT2D eigenvalue weighted by molar-refractivity contribution is -0.118. The summed E-state index contributed by atoms with van der Waals surface area (Å²) in [5.74, 6) is -0.263. The first-order valence-corrected chi connectivity index (χ1v) is 7.03. The quantitative estimate of drug-likeness (QED) is 0.937. The number of carbonyl (C=O) groups is 2. The van der Waals surface area contributed by atoms with Gasteiger partial charge >= 0.3 is 0 Å². The van der Waals surface area contributed by atoms with E-state index in [9.17, 15) is 9.59 Å². The van der Waals surface area contributed by atoms with Gasteiger partial charge in [-0.05, 0) is 17.7 Å². The molecule has 3 rings (SSSR count). The summed E-state index contributed by atoms with van der Waals surface area (Å²) in [6.45, 7) is 0.153. The summed E-state index contributed by atoms with van der Waals surface area (Å²) in [4.78, 5) is 25.3. The van der Waals surface area contributed by atoms with Gasteiger partial charge in [0.1, 0.15) is 11.9 Å². The smallest absolute Gasteiger partial charge is 0.258 e. The third kappa shape index (κ3) is 2.79. The second-order valence-electron chi connectivity index (χ2n) is 5.17. The molecular formula is C17H16N2O3. The van der Waals surface area contributed by atoms with E-state index < -0.39 is 5.91 Å². The number of nitrogens with two attached hydrogens (primary N) is 1. The van der Waals surface area contributed by atoms with E-state index >= 15 is 0 Å². The Balaban J connectivity index is 2.01. The fraction of sp³-hybridized carbons (Fsp3) is 0.176. The maximum atomic E-state index is 12.6. The minimum absolute atomic E-state index is 0.125. The summed E-state index contributed by atoms with van der Waals surface area (Å²) in [6.07, 6.45) is -0.340. The van der Waals surface area contributed by atoms with Crippen molar-refractivity contribution in [2.75, 3.05) is 13.1 Å². The van der Waals surface area contributed by atoms with E-state index in [0.717, 1.165) is 5.56 Å². The molecule has 0 saturated carbocycles. The average Bonchev–Trinajstić information content (AvgIpc) is 2.66. The lowest BCUT2D eigenvalue weighted by atomic mass is 10.1. The van der Waals surface area contributed by atoms with E-state index in [1.807, 2.05) is 36.4 Å². The standard InChI is InChI=1S/C17H16N2O3/c18-16(20)11-19-10-15(12-6-2-1-3-7-12)22-14-9-5-4-8-13(14)17(19)21/h1-9,15H,10-11H2,(H2,18,20)/t15-/m0/s1. The molecular weight excluding hydrogens is 280 g/mol. The highest BCUT2D eigenvalue weighted by atomic mass is 16.5. The number of hydrogen-bond acceptors (Lipinski definition) is 3. The Kier molecular flexibility index (Phi) is 3.78. The van der Waals surface area contributed by atoms with E-state index in [1.54, 1.807) is 18.2 Å². The highest BCUT2D eigenvalue weighted by Crippen LogP contribution is 2.30. The van der Waals surface area contributed by atoms with Crippen molar-refractivity contribution in [3.63, 3.8) is 0 Å². The van der Waals surface area contributed by atoms with Gasteiger partial charge in [-0.25, -0.2) is 0 Å². The summed E-state index contributed by atoms with van der Waals surface area (Å²) < 4.78 is 6.01. The zero-order valence-corrected chi connectivity index (χ0v) is 11.9. The van der Waals surface area contributed by atoms with E-state index in [4.69, 9.17) is 10.5 Å². The zero-order valence-electron chi connectivity index (χ0n) is 11.9. The molecule has 1 aliphatic rings. The van der Waals surface area contributed by atoms with E-state index in [-0.39, 0.29) is 25.1 Å². The van der Waals surface area contributed by atoms with Gasteiger partial charge in [0.15, 0.2) is 0 Å². The number of hydrogen-bond donors (Lipinski definition) is 1. The van der Waals surface area contributed by atoms with Gasteiger partial charge < -0.3 is 15.4 Å². The Morgan fingerprint density at radius 1 is 1.14 bits per heavy atom. The number of nitrogens with zero attached hydrogens (tertiary/aromatic N) is 1. The molecule has 1 heterocycles. The van der Waals surface area contributed by atoms with Gasteiger partial charge in [0, 0.05) is 0 Å². The Morgan fingerprint density at radius 2 is 1.82 bits per heavy atom. The number of carbonyl (C=O) groups excluding carboxylic acids is 2. The second kappa shape index (κ2) is 5.89. The van der Waals surface area contributed by atoms with Crippen LogP contribution in [0.3, 0.4) is 0 Å². The van der Waals surface area contributed by atoms with Crippen molar-refractivity contribution in [2.24, 2.45) is 5.73 Å². The van der Waals surface area contributed by atoms with Crippen LogP contribution in [0.15, 0.2) is 54.6 Å². The van der Waals surface area contributed by atoms with Gasteiger partial charge in [0.2, 0.25) is 5.91 Å². The number of benzene rings is 2. The minimum Gasteiger partial charge on any atom is -0.483 e. The van der Waals surface area contributed by atoms with Crippen LogP contribution >= 0.6 is 0 Å². The maximum absolute atomic E-state index is 12.6. The monoisotopic (exact) mass is 296 g/mol. The third-order valence-corrected chi connectivity index (χ3v) is 3.58. The molecule has 1 aliphatic heterocycles. The fourth-order valence-corrected chi connectivity index (χ4v) is 2.56. The van der Waals surface area contributed by atoms with Gasteiger partial charge in [-0.3, -0.25) is 9.59 Å². The van der Waals surface area contributed by atoms with Crippen molar-refractivity contribution in [3.05, 3.63) is 65.7 Å². The molecule has 112 valence electrons. The molecule has 0 unspecified atom stereocenters. The summed E-state index contributed by atoms with van der Waals surface area (Å²) in [5.41, 5.74) is 6.66. The van der Waals surface area contributed by atoms with Crippen LogP contribution in [0.2, 0.25) is 0 Å². The average molecular weight is 296 g/mol. The van der Waals surface area contributed by atoms with Gasteiger partial charge in [0.05, 0.1) is 18.7 Å².